The Balaban J connectivity index is 2.14. The molecule has 0 aromatic carbocycles. The van der Waals surface area contributed by atoms with E-state index in [0.717, 1.165) is 16.2 Å². The molecule has 1 N–H and O–H groups in total. The highest BCUT2D eigenvalue weighted by Crippen LogP contribution is 2.13. The van der Waals surface area contributed by atoms with Gasteiger partial charge in [0.15, 0.2) is 0 Å². The van der Waals surface area contributed by atoms with Crippen LogP contribution in [0.2, 0.25) is 0 Å². The van der Waals surface area contributed by atoms with Gasteiger partial charge in [0.05, 0.1) is 4.90 Å². The topological polar surface area (TPSA) is 101 Å². The van der Waals surface area contributed by atoms with E-state index in [1.807, 2.05) is 6.07 Å². The molecule has 8 nitrogen and oxygen atoms in total. The maximum absolute atomic E-state index is 12.6. The van der Waals surface area contributed by atoms with E-state index in [0.29, 0.717) is 13.1 Å². The molecule has 0 unspecified atom stereocenters. The summed E-state index contributed by atoms with van der Waals surface area (Å²) in [6.07, 6.45) is 4.47. The summed E-state index contributed by atoms with van der Waals surface area (Å²) in [5, 5.41) is 2.68. The van der Waals surface area contributed by atoms with Gasteiger partial charge in [-0.1, -0.05) is 19.9 Å². The molecular weight excluding hydrogens is 356 g/mol. The van der Waals surface area contributed by atoms with Gasteiger partial charge in [0.2, 0.25) is 15.9 Å². The Morgan fingerprint density at radius 1 is 1.23 bits per heavy atom. The minimum absolute atomic E-state index is 0.0131. The molecule has 9 heteroatoms. The largest absolute Gasteiger partial charge is 0.350 e. The van der Waals surface area contributed by atoms with E-state index in [2.05, 4.69) is 10.3 Å². The molecule has 0 fully saturated rings. The second-order valence-electron chi connectivity index (χ2n) is 5.56. The molecule has 0 radical (unpaired) electrons. The molecule has 0 saturated heterocycles. The summed E-state index contributed by atoms with van der Waals surface area (Å²) in [5.41, 5.74) is 0.381. The van der Waals surface area contributed by atoms with E-state index in [9.17, 15) is 18.0 Å². The highest BCUT2D eigenvalue weighted by Gasteiger charge is 2.22. The SMILES string of the molecule is CCN(CC)S(=O)(=O)c1ccc(=O)n(CC(=O)NCc2cccnc2)c1. The monoisotopic (exact) mass is 378 g/mol. The Bertz CT molecular complexity index is 906. The Morgan fingerprint density at radius 3 is 2.58 bits per heavy atom. The number of rotatable bonds is 8. The number of nitrogens with one attached hydrogen (secondary N) is 1. The van der Waals surface area contributed by atoms with E-state index < -0.39 is 21.5 Å². The molecule has 1 amide bonds. The summed E-state index contributed by atoms with van der Waals surface area (Å²) in [5.74, 6) is -0.395. The minimum Gasteiger partial charge on any atom is -0.350 e. The summed E-state index contributed by atoms with van der Waals surface area (Å²) in [4.78, 5) is 28.0. The van der Waals surface area contributed by atoms with Crippen molar-refractivity contribution in [1.29, 1.82) is 0 Å². The van der Waals surface area contributed by atoms with Crippen LogP contribution in [0.15, 0.2) is 52.5 Å². The Hall–Kier alpha value is -2.52. The Kier molecular flexibility index (Phi) is 6.64. The lowest BCUT2D eigenvalue weighted by Gasteiger charge is -2.19. The first-order chi connectivity index (χ1) is 12.4. The van der Waals surface area contributed by atoms with Crippen molar-refractivity contribution < 1.29 is 13.2 Å². The Labute approximate surface area is 152 Å². The lowest BCUT2D eigenvalue weighted by molar-refractivity contribution is -0.121. The number of nitrogens with zero attached hydrogens (tertiary/aromatic N) is 3. The third-order valence-corrected chi connectivity index (χ3v) is 5.86. The van der Waals surface area contributed by atoms with Gasteiger partial charge in [-0.25, -0.2) is 8.42 Å². The molecule has 2 heterocycles. The smallest absolute Gasteiger partial charge is 0.251 e. The van der Waals surface area contributed by atoms with Crippen LogP contribution in [0.3, 0.4) is 0 Å². The molecule has 0 bridgehead atoms. The molecule has 0 aliphatic rings. The van der Waals surface area contributed by atoms with Crippen LogP contribution in [0.25, 0.3) is 0 Å². The molecule has 2 aromatic heterocycles. The number of carbonyl (C=O) groups excluding carboxylic acids is 1. The van der Waals surface area contributed by atoms with Crippen molar-refractivity contribution in [3.63, 3.8) is 0 Å². The molecule has 140 valence electrons. The first-order valence-corrected chi connectivity index (χ1v) is 9.68. The maximum Gasteiger partial charge on any atom is 0.251 e. The number of sulfonamides is 1. The van der Waals surface area contributed by atoms with Crippen LogP contribution in [0.4, 0.5) is 0 Å². The molecule has 0 saturated carbocycles. The number of aromatic nitrogens is 2. The van der Waals surface area contributed by atoms with Crippen LogP contribution in [0, 0.1) is 0 Å². The van der Waals surface area contributed by atoms with E-state index in [4.69, 9.17) is 0 Å². The fourth-order valence-electron chi connectivity index (χ4n) is 2.41. The zero-order valence-electron chi connectivity index (χ0n) is 14.8. The summed E-state index contributed by atoms with van der Waals surface area (Å²) < 4.78 is 27.5. The van der Waals surface area contributed by atoms with Crippen LogP contribution in [-0.4, -0.2) is 41.3 Å². The molecule has 2 aromatic rings. The summed E-state index contributed by atoms with van der Waals surface area (Å²) in [6, 6.07) is 6.00. The quantitative estimate of drug-likeness (QED) is 0.724. The molecule has 0 atom stereocenters. The van der Waals surface area contributed by atoms with Gasteiger partial charge >= 0.3 is 0 Å². The number of hydrogen-bond acceptors (Lipinski definition) is 5. The lowest BCUT2D eigenvalue weighted by Crippen LogP contribution is -2.34. The zero-order valence-corrected chi connectivity index (χ0v) is 15.6. The van der Waals surface area contributed by atoms with Crippen molar-refractivity contribution in [2.45, 2.75) is 31.8 Å². The zero-order chi connectivity index (χ0) is 19.2. The van der Waals surface area contributed by atoms with Gasteiger partial charge in [0, 0.05) is 44.3 Å². The number of amides is 1. The number of pyridine rings is 2. The fraction of sp³-hybridized carbons (Fsp3) is 0.353. The number of carbonyl (C=O) groups is 1. The highest BCUT2D eigenvalue weighted by atomic mass is 32.2. The normalized spacial score (nSPS) is 11.5. The molecule has 0 spiro atoms. The van der Waals surface area contributed by atoms with Crippen molar-refractivity contribution in [2.75, 3.05) is 13.1 Å². The van der Waals surface area contributed by atoms with Crippen molar-refractivity contribution in [3.05, 3.63) is 58.8 Å². The predicted octanol–water partition coefficient (Wildman–Crippen LogP) is 0.590. The minimum atomic E-state index is -3.70. The fourth-order valence-corrected chi connectivity index (χ4v) is 3.89. The van der Waals surface area contributed by atoms with Gasteiger partial charge in [-0.05, 0) is 17.7 Å². The molecule has 0 aliphatic carbocycles. The van der Waals surface area contributed by atoms with Gasteiger partial charge < -0.3 is 9.88 Å². The predicted molar refractivity (Wildman–Crippen MR) is 96.9 cm³/mol. The number of hydrogen-bond donors (Lipinski definition) is 1. The first kappa shape index (κ1) is 19.8. The molecule has 0 aliphatic heterocycles. The lowest BCUT2D eigenvalue weighted by atomic mass is 10.3. The third-order valence-electron chi connectivity index (χ3n) is 3.83. The maximum atomic E-state index is 12.6. The van der Waals surface area contributed by atoms with Crippen LogP contribution >= 0.6 is 0 Å². The van der Waals surface area contributed by atoms with Crippen LogP contribution < -0.4 is 10.9 Å². The van der Waals surface area contributed by atoms with Crippen LogP contribution in [0.1, 0.15) is 19.4 Å². The summed E-state index contributed by atoms with van der Waals surface area (Å²) in [6.45, 7) is 4.14. The average molecular weight is 378 g/mol. The summed E-state index contributed by atoms with van der Waals surface area (Å²) >= 11 is 0. The van der Waals surface area contributed by atoms with E-state index in [1.54, 1.807) is 32.3 Å². The second-order valence-corrected chi connectivity index (χ2v) is 7.50. The van der Waals surface area contributed by atoms with Gasteiger partial charge in [-0.3, -0.25) is 14.6 Å². The standard InChI is InChI=1S/C17H22N4O4S/c1-3-21(4-2)26(24,25)15-7-8-17(23)20(12-15)13-16(22)19-11-14-6-5-9-18-10-14/h5-10,12H,3-4,11,13H2,1-2H3,(H,19,22). The van der Waals surface area contributed by atoms with Gasteiger partial charge in [-0.2, -0.15) is 4.31 Å². The van der Waals surface area contributed by atoms with E-state index in [-0.39, 0.29) is 18.0 Å². The molecule has 26 heavy (non-hydrogen) atoms. The van der Waals surface area contributed by atoms with Crippen molar-refractivity contribution in [1.82, 2.24) is 19.2 Å². The van der Waals surface area contributed by atoms with Crippen LogP contribution in [-0.2, 0) is 27.9 Å². The average Bonchev–Trinajstić information content (AvgIpc) is 2.63. The second kappa shape index (κ2) is 8.72. The van der Waals surface area contributed by atoms with Crippen molar-refractivity contribution in [2.24, 2.45) is 0 Å². The highest BCUT2D eigenvalue weighted by molar-refractivity contribution is 7.89. The Morgan fingerprint density at radius 2 is 1.96 bits per heavy atom. The molecular formula is C17H22N4O4S. The molecule has 2 rings (SSSR count). The van der Waals surface area contributed by atoms with Crippen molar-refractivity contribution in [3.8, 4) is 0 Å². The van der Waals surface area contributed by atoms with Crippen LogP contribution in [0.5, 0.6) is 0 Å². The summed E-state index contributed by atoms with van der Waals surface area (Å²) in [7, 11) is -3.70. The van der Waals surface area contributed by atoms with E-state index in [1.165, 1.54) is 16.6 Å². The third kappa shape index (κ3) is 4.77. The first-order valence-electron chi connectivity index (χ1n) is 8.24. The van der Waals surface area contributed by atoms with E-state index >= 15 is 0 Å². The van der Waals surface area contributed by atoms with Gasteiger partial charge in [0.25, 0.3) is 5.56 Å². The van der Waals surface area contributed by atoms with Gasteiger partial charge in [-0.15, -0.1) is 0 Å². The van der Waals surface area contributed by atoms with Crippen molar-refractivity contribution >= 4 is 15.9 Å². The van der Waals surface area contributed by atoms with Gasteiger partial charge in [0.1, 0.15) is 6.54 Å².